The molecular weight excluding hydrogens is 386 g/mol. The van der Waals surface area contributed by atoms with Gasteiger partial charge in [-0.1, -0.05) is 66.2 Å². The molecule has 2 aliphatic rings. The Balaban J connectivity index is 1.59. The summed E-state index contributed by atoms with van der Waals surface area (Å²) in [6.07, 6.45) is 0. The van der Waals surface area contributed by atoms with E-state index >= 15 is 0 Å². The van der Waals surface area contributed by atoms with Gasteiger partial charge in [0.1, 0.15) is 11.5 Å². The van der Waals surface area contributed by atoms with Gasteiger partial charge in [-0.15, -0.1) is 0 Å². The van der Waals surface area contributed by atoms with Crippen LogP contribution in [0.15, 0.2) is 91.0 Å². The molecule has 0 aliphatic carbocycles. The van der Waals surface area contributed by atoms with E-state index in [4.69, 9.17) is 9.47 Å². The fourth-order valence-corrected chi connectivity index (χ4v) is 4.56. The van der Waals surface area contributed by atoms with E-state index in [0.29, 0.717) is 17.1 Å². The van der Waals surface area contributed by atoms with E-state index in [-0.39, 0.29) is 5.97 Å². The van der Waals surface area contributed by atoms with Crippen LogP contribution in [-0.2, 0) is 10.3 Å². The van der Waals surface area contributed by atoms with Crippen LogP contribution in [0.1, 0.15) is 32.6 Å². The van der Waals surface area contributed by atoms with Gasteiger partial charge in [0.25, 0.3) is 0 Å². The van der Waals surface area contributed by atoms with Crippen LogP contribution in [0.2, 0.25) is 0 Å². The van der Waals surface area contributed by atoms with Gasteiger partial charge in [-0.25, -0.2) is 4.79 Å². The van der Waals surface area contributed by atoms with E-state index in [1.54, 1.807) is 0 Å². The Labute approximate surface area is 180 Å². The van der Waals surface area contributed by atoms with Gasteiger partial charge < -0.3 is 14.8 Å². The number of fused-ring (bicyclic) bond motifs is 6. The predicted octanol–water partition coefficient (Wildman–Crippen LogP) is 6.31. The lowest BCUT2D eigenvalue weighted by atomic mass is 9.77. The summed E-state index contributed by atoms with van der Waals surface area (Å²) in [5, 5.41) is 3.40. The average molecular weight is 405 g/mol. The smallest absolute Gasteiger partial charge is 0.342 e. The molecule has 6 rings (SSSR count). The zero-order valence-corrected chi connectivity index (χ0v) is 16.9. The zero-order valence-electron chi connectivity index (χ0n) is 16.9. The van der Waals surface area contributed by atoms with Crippen molar-refractivity contribution in [1.29, 1.82) is 0 Å². The summed E-state index contributed by atoms with van der Waals surface area (Å²) in [6, 6.07) is 29.4. The summed E-state index contributed by atoms with van der Waals surface area (Å²) in [6.45, 7) is 2.05. The predicted molar refractivity (Wildman–Crippen MR) is 119 cm³/mol. The van der Waals surface area contributed by atoms with Crippen molar-refractivity contribution < 1.29 is 14.3 Å². The molecule has 0 aromatic heterocycles. The first-order valence-electron chi connectivity index (χ1n) is 10.2. The van der Waals surface area contributed by atoms with E-state index in [9.17, 15) is 4.79 Å². The number of para-hydroxylation sites is 2. The molecule has 1 spiro atoms. The van der Waals surface area contributed by atoms with Gasteiger partial charge >= 0.3 is 5.97 Å². The quantitative estimate of drug-likeness (QED) is 0.397. The highest BCUT2D eigenvalue weighted by atomic mass is 16.6. The third-order valence-corrected chi connectivity index (χ3v) is 5.98. The van der Waals surface area contributed by atoms with E-state index in [0.717, 1.165) is 28.1 Å². The van der Waals surface area contributed by atoms with Crippen molar-refractivity contribution in [2.45, 2.75) is 12.5 Å². The van der Waals surface area contributed by atoms with Crippen LogP contribution in [-0.4, -0.2) is 5.97 Å². The second-order valence-corrected chi connectivity index (χ2v) is 7.88. The fourth-order valence-electron chi connectivity index (χ4n) is 4.56. The van der Waals surface area contributed by atoms with Crippen LogP contribution in [0.4, 0.5) is 11.4 Å². The molecule has 2 aliphatic heterocycles. The molecule has 31 heavy (non-hydrogen) atoms. The SMILES string of the molecule is Cc1ccc(Nc2cccc3c2C(=O)OC32c3ccccc3Oc3ccccc32)cc1. The Morgan fingerprint density at radius 3 is 2.00 bits per heavy atom. The summed E-state index contributed by atoms with van der Waals surface area (Å²) in [7, 11) is 0. The van der Waals surface area contributed by atoms with Gasteiger partial charge in [0.05, 0.1) is 11.3 Å². The molecule has 2 heterocycles. The summed E-state index contributed by atoms with van der Waals surface area (Å²) >= 11 is 0. The van der Waals surface area contributed by atoms with Crippen LogP contribution < -0.4 is 10.1 Å². The highest BCUT2D eigenvalue weighted by molar-refractivity contribution is 6.03. The fraction of sp³-hybridized carbons (Fsp3) is 0.0741. The average Bonchev–Trinajstić information content (AvgIpc) is 3.10. The van der Waals surface area contributed by atoms with Gasteiger partial charge in [0.2, 0.25) is 0 Å². The maximum Gasteiger partial charge on any atom is 0.342 e. The monoisotopic (exact) mass is 405 g/mol. The van der Waals surface area contributed by atoms with Crippen LogP contribution in [0.5, 0.6) is 11.5 Å². The number of carbonyl (C=O) groups excluding carboxylic acids is 1. The summed E-state index contributed by atoms with van der Waals surface area (Å²) in [5.41, 5.74) is 4.81. The maximum atomic E-state index is 13.3. The van der Waals surface area contributed by atoms with Gasteiger partial charge in [0, 0.05) is 22.4 Å². The molecule has 150 valence electrons. The molecule has 4 aromatic rings. The van der Waals surface area contributed by atoms with Gasteiger partial charge in [-0.05, 0) is 37.3 Å². The lowest BCUT2D eigenvalue weighted by Crippen LogP contribution is -2.32. The second-order valence-electron chi connectivity index (χ2n) is 7.88. The Hall–Kier alpha value is -4.05. The van der Waals surface area contributed by atoms with Crippen LogP contribution >= 0.6 is 0 Å². The molecule has 0 radical (unpaired) electrons. The van der Waals surface area contributed by atoms with Crippen molar-refractivity contribution in [2.24, 2.45) is 0 Å². The molecule has 0 saturated heterocycles. The minimum atomic E-state index is -1.04. The van der Waals surface area contributed by atoms with E-state index in [2.05, 4.69) is 5.32 Å². The number of ether oxygens (including phenoxy) is 2. The third-order valence-electron chi connectivity index (χ3n) is 5.98. The molecular formula is C27H19NO3. The van der Waals surface area contributed by atoms with Gasteiger partial charge in [-0.2, -0.15) is 0 Å². The summed E-state index contributed by atoms with van der Waals surface area (Å²) in [5.74, 6) is 1.04. The topological polar surface area (TPSA) is 47.6 Å². The number of rotatable bonds is 2. The number of aryl methyl sites for hydroxylation is 1. The molecule has 0 bridgehead atoms. The van der Waals surface area contributed by atoms with Crippen molar-refractivity contribution in [3.8, 4) is 11.5 Å². The van der Waals surface area contributed by atoms with Gasteiger partial charge in [0.15, 0.2) is 5.60 Å². The van der Waals surface area contributed by atoms with Crippen LogP contribution in [0.25, 0.3) is 0 Å². The number of hydrogen-bond acceptors (Lipinski definition) is 4. The molecule has 0 atom stereocenters. The molecule has 0 fully saturated rings. The van der Waals surface area contributed by atoms with Crippen molar-refractivity contribution in [3.63, 3.8) is 0 Å². The lowest BCUT2D eigenvalue weighted by molar-refractivity contribution is 0.0225. The highest BCUT2D eigenvalue weighted by Crippen LogP contribution is 2.56. The van der Waals surface area contributed by atoms with Crippen molar-refractivity contribution >= 4 is 17.3 Å². The Morgan fingerprint density at radius 1 is 0.710 bits per heavy atom. The van der Waals surface area contributed by atoms with Crippen molar-refractivity contribution in [3.05, 3.63) is 119 Å². The Morgan fingerprint density at radius 2 is 1.32 bits per heavy atom. The normalized spacial score (nSPS) is 14.8. The molecule has 4 nitrogen and oxygen atoms in total. The number of esters is 1. The standard InChI is InChI=1S/C27H19NO3/c1-17-13-15-18(16-14-17)28-22-10-6-9-21-25(22)26(29)31-27(21)19-7-2-4-11-23(19)30-24-12-5-3-8-20(24)27/h2-16,28H,1H3. The minimum Gasteiger partial charge on any atom is -0.456 e. The highest BCUT2D eigenvalue weighted by Gasteiger charge is 2.54. The largest absolute Gasteiger partial charge is 0.456 e. The molecule has 4 aromatic carbocycles. The van der Waals surface area contributed by atoms with E-state index < -0.39 is 5.60 Å². The molecule has 0 amide bonds. The van der Waals surface area contributed by atoms with Crippen molar-refractivity contribution in [2.75, 3.05) is 5.32 Å². The summed E-state index contributed by atoms with van der Waals surface area (Å²) < 4.78 is 12.4. The number of benzene rings is 4. The Bertz CT molecular complexity index is 1300. The van der Waals surface area contributed by atoms with Crippen LogP contribution in [0.3, 0.4) is 0 Å². The minimum absolute atomic E-state index is 0.350. The molecule has 1 N–H and O–H groups in total. The number of nitrogens with one attached hydrogen (secondary N) is 1. The number of carbonyl (C=O) groups is 1. The second kappa shape index (κ2) is 6.47. The first kappa shape index (κ1) is 17.8. The molecule has 0 saturated carbocycles. The number of hydrogen-bond donors (Lipinski definition) is 1. The first-order chi connectivity index (χ1) is 15.2. The maximum absolute atomic E-state index is 13.3. The zero-order chi connectivity index (χ0) is 21.0. The Kier molecular flexibility index (Phi) is 3.71. The van der Waals surface area contributed by atoms with Crippen molar-refractivity contribution in [1.82, 2.24) is 0 Å². The van der Waals surface area contributed by atoms with Gasteiger partial charge in [-0.3, -0.25) is 0 Å². The third kappa shape index (κ3) is 2.51. The van der Waals surface area contributed by atoms with E-state index in [1.807, 2.05) is 97.9 Å². The lowest BCUT2D eigenvalue weighted by Gasteiger charge is -2.36. The molecule has 0 unspecified atom stereocenters. The summed E-state index contributed by atoms with van der Waals surface area (Å²) in [4.78, 5) is 13.3. The molecule has 4 heteroatoms. The van der Waals surface area contributed by atoms with Crippen LogP contribution in [0, 0.1) is 6.92 Å². The van der Waals surface area contributed by atoms with E-state index in [1.165, 1.54) is 5.56 Å². The first-order valence-corrected chi connectivity index (χ1v) is 10.2. The number of anilines is 2.